The molecule has 3 rings (SSSR count). The van der Waals surface area contributed by atoms with Crippen LogP contribution in [0.5, 0.6) is 11.5 Å². The zero-order valence-electron chi connectivity index (χ0n) is 34.8. The number of benzene rings is 3. The van der Waals surface area contributed by atoms with Crippen molar-refractivity contribution in [2.24, 2.45) is 0 Å². The molecule has 0 saturated carbocycles. The summed E-state index contributed by atoms with van der Waals surface area (Å²) in [6.07, 6.45) is 25.3. The van der Waals surface area contributed by atoms with E-state index in [1.807, 2.05) is 60.7 Å². The topological polar surface area (TPSA) is 52.6 Å². The Morgan fingerprint density at radius 1 is 0.446 bits per heavy atom. The predicted octanol–water partition coefficient (Wildman–Crippen LogP) is 14.4. The molecule has 0 spiro atoms. The Balaban J connectivity index is 1.78. The average molecular weight is 795 g/mol. The van der Waals surface area contributed by atoms with E-state index in [0.29, 0.717) is 24.7 Å². The van der Waals surface area contributed by atoms with E-state index in [4.69, 9.17) is 9.47 Å². The molecule has 0 bridgehead atoms. The number of ether oxygens (including phenoxy) is 2. The van der Waals surface area contributed by atoms with Crippen LogP contribution < -0.4 is 9.47 Å². The monoisotopic (exact) mass is 794 g/mol. The van der Waals surface area contributed by atoms with Crippen molar-refractivity contribution < 1.29 is 19.1 Å². The fourth-order valence-corrected chi connectivity index (χ4v) is 7.57. The second kappa shape index (κ2) is 29.6. The third-order valence-corrected chi connectivity index (χ3v) is 11.1. The van der Waals surface area contributed by atoms with Gasteiger partial charge in [0.2, 0.25) is 0 Å². The van der Waals surface area contributed by atoms with Crippen molar-refractivity contribution in [3.05, 3.63) is 82.9 Å². The number of hydrogen-bond donors (Lipinski definition) is 0. The molecule has 0 saturated heterocycles. The lowest BCUT2D eigenvalue weighted by atomic mass is 10.1. The summed E-state index contributed by atoms with van der Waals surface area (Å²) in [5.41, 5.74) is 3.27. The predicted molar refractivity (Wildman–Crippen MR) is 239 cm³/mol. The van der Waals surface area contributed by atoms with Crippen LogP contribution >= 0.6 is 23.5 Å². The molecule has 0 radical (unpaired) electrons. The van der Waals surface area contributed by atoms with Gasteiger partial charge in [0, 0.05) is 46.9 Å². The first kappa shape index (κ1) is 46.8. The van der Waals surface area contributed by atoms with Gasteiger partial charge in [0.15, 0.2) is 10.2 Å². The van der Waals surface area contributed by atoms with Gasteiger partial charge in [-0.05, 0) is 61.4 Å². The van der Waals surface area contributed by atoms with Gasteiger partial charge in [0.1, 0.15) is 11.5 Å². The van der Waals surface area contributed by atoms with Gasteiger partial charge >= 0.3 is 0 Å². The lowest BCUT2D eigenvalue weighted by Crippen LogP contribution is -2.03. The van der Waals surface area contributed by atoms with Gasteiger partial charge in [0.25, 0.3) is 0 Å². The maximum absolute atomic E-state index is 11.6. The quantitative estimate of drug-likeness (QED) is 0.0458. The summed E-state index contributed by atoms with van der Waals surface area (Å²) in [5.74, 6) is 14.8. The minimum absolute atomic E-state index is 0.0607. The van der Waals surface area contributed by atoms with E-state index in [-0.39, 0.29) is 10.2 Å². The Labute approximate surface area is 348 Å². The SMILES string of the molecule is CCCCCCCCCCCCOc1cc(C#Cc2ccc(SC(C)=O)cc2)c(OCCCCCCCCCCCC)cc1C#Cc1ccc(SC(C)=O)cc1. The van der Waals surface area contributed by atoms with Crippen LogP contribution in [0.25, 0.3) is 0 Å². The van der Waals surface area contributed by atoms with E-state index >= 15 is 0 Å². The van der Waals surface area contributed by atoms with Gasteiger partial charge in [-0.1, -0.05) is 177 Å². The molecule has 0 unspecified atom stereocenters. The van der Waals surface area contributed by atoms with Crippen molar-refractivity contribution in [1.82, 2.24) is 0 Å². The second-order valence-electron chi connectivity index (χ2n) is 14.6. The summed E-state index contributed by atoms with van der Waals surface area (Å²) in [6.45, 7) is 8.91. The summed E-state index contributed by atoms with van der Waals surface area (Å²) < 4.78 is 12.9. The Hall–Kier alpha value is -3.58. The highest BCUT2D eigenvalue weighted by Crippen LogP contribution is 2.30. The van der Waals surface area contributed by atoms with Gasteiger partial charge in [-0.25, -0.2) is 0 Å². The molecule has 3 aromatic carbocycles. The molecular formula is C50H66O4S2. The summed E-state index contributed by atoms with van der Waals surface area (Å²) >= 11 is 2.44. The Morgan fingerprint density at radius 2 is 0.750 bits per heavy atom. The van der Waals surface area contributed by atoms with Crippen molar-refractivity contribution in [2.45, 2.75) is 166 Å². The molecular weight excluding hydrogens is 729 g/mol. The van der Waals surface area contributed by atoms with E-state index in [1.165, 1.54) is 126 Å². The van der Waals surface area contributed by atoms with Crippen molar-refractivity contribution >= 4 is 33.8 Å². The minimum Gasteiger partial charge on any atom is -0.492 e. The molecule has 6 heteroatoms. The Bertz CT molecular complexity index is 1560. The third kappa shape index (κ3) is 21.1. The normalized spacial score (nSPS) is 10.6. The molecule has 0 atom stereocenters. The maximum atomic E-state index is 11.6. The van der Waals surface area contributed by atoms with Gasteiger partial charge in [-0.2, -0.15) is 0 Å². The molecule has 0 aromatic heterocycles. The van der Waals surface area contributed by atoms with Gasteiger partial charge in [0.05, 0.1) is 24.3 Å². The molecule has 0 aliphatic rings. The van der Waals surface area contributed by atoms with Crippen molar-refractivity contribution in [1.29, 1.82) is 0 Å². The van der Waals surface area contributed by atoms with E-state index in [1.54, 1.807) is 13.8 Å². The third-order valence-electron chi connectivity index (χ3n) is 9.51. The lowest BCUT2D eigenvalue weighted by Gasteiger charge is -2.14. The molecule has 0 amide bonds. The van der Waals surface area contributed by atoms with Crippen LogP contribution in [0.1, 0.15) is 178 Å². The van der Waals surface area contributed by atoms with Crippen LogP contribution in [-0.4, -0.2) is 23.4 Å². The first-order chi connectivity index (χ1) is 27.4. The molecule has 0 aliphatic heterocycles. The molecule has 302 valence electrons. The van der Waals surface area contributed by atoms with Gasteiger partial charge in [-0.15, -0.1) is 0 Å². The Morgan fingerprint density at radius 3 is 1.05 bits per heavy atom. The number of carbonyl (C=O) groups is 2. The maximum Gasteiger partial charge on any atom is 0.190 e. The number of thioether (sulfide) groups is 2. The van der Waals surface area contributed by atoms with Crippen LogP contribution in [0, 0.1) is 23.7 Å². The number of unbranched alkanes of at least 4 members (excludes halogenated alkanes) is 18. The van der Waals surface area contributed by atoms with E-state index in [9.17, 15) is 9.59 Å². The molecule has 3 aromatic rings. The second-order valence-corrected chi connectivity index (χ2v) is 17.1. The molecule has 0 N–H and O–H groups in total. The first-order valence-electron chi connectivity index (χ1n) is 21.4. The van der Waals surface area contributed by atoms with Gasteiger partial charge in [-0.3, -0.25) is 9.59 Å². The highest BCUT2D eigenvalue weighted by atomic mass is 32.2. The average Bonchev–Trinajstić information content (AvgIpc) is 3.18. The standard InChI is InChI=1S/C50H66O4S2/c1-5-7-9-11-13-15-17-19-21-23-37-53-49-39-46(32-26-44-29-35-48(36-30-44)56-42(4)52)50(54-38-24-22-20-18-16-14-12-10-8-6-2)40-45(49)31-25-43-27-33-47(34-28-43)55-41(3)51/h27-30,33-36,39-40H,5-24,37-38H2,1-4H3. The van der Waals surface area contributed by atoms with Crippen LogP contribution in [0.3, 0.4) is 0 Å². The van der Waals surface area contributed by atoms with Crippen LogP contribution in [0.2, 0.25) is 0 Å². The smallest absolute Gasteiger partial charge is 0.190 e. The number of hydrogen-bond acceptors (Lipinski definition) is 6. The highest BCUT2D eigenvalue weighted by Gasteiger charge is 2.12. The fourth-order valence-electron chi connectivity index (χ4n) is 6.36. The summed E-state index contributed by atoms with van der Waals surface area (Å²) in [7, 11) is 0. The summed E-state index contributed by atoms with van der Waals surface area (Å²) in [4.78, 5) is 25.0. The van der Waals surface area contributed by atoms with Crippen molar-refractivity contribution in [3.8, 4) is 35.2 Å². The minimum atomic E-state index is 0.0607. The fraction of sp³-hybridized carbons (Fsp3) is 0.520. The van der Waals surface area contributed by atoms with Crippen LogP contribution in [-0.2, 0) is 9.59 Å². The zero-order valence-corrected chi connectivity index (χ0v) is 36.4. The number of carbonyl (C=O) groups excluding carboxylic acids is 2. The van der Waals surface area contributed by atoms with E-state index in [2.05, 4.69) is 37.5 Å². The molecule has 0 heterocycles. The summed E-state index contributed by atoms with van der Waals surface area (Å²) in [5, 5.41) is 0.121. The number of rotatable bonds is 26. The first-order valence-corrected chi connectivity index (χ1v) is 23.1. The molecule has 0 fully saturated rings. The van der Waals surface area contributed by atoms with E-state index in [0.717, 1.165) is 57.7 Å². The highest BCUT2D eigenvalue weighted by molar-refractivity contribution is 8.13. The van der Waals surface area contributed by atoms with Crippen molar-refractivity contribution in [2.75, 3.05) is 13.2 Å². The van der Waals surface area contributed by atoms with Crippen LogP contribution in [0.4, 0.5) is 0 Å². The van der Waals surface area contributed by atoms with Crippen molar-refractivity contribution in [3.63, 3.8) is 0 Å². The lowest BCUT2D eigenvalue weighted by molar-refractivity contribution is -0.109. The molecule has 56 heavy (non-hydrogen) atoms. The van der Waals surface area contributed by atoms with Gasteiger partial charge < -0.3 is 9.47 Å². The molecule has 0 aliphatic carbocycles. The summed E-state index contributed by atoms with van der Waals surface area (Å²) in [6, 6.07) is 19.5. The largest absolute Gasteiger partial charge is 0.492 e. The zero-order chi connectivity index (χ0) is 40.1. The van der Waals surface area contributed by atoms with Crippen LogP contribution in [0.15, 0.2) is 70.5 Å². The Kier molecular flexibility index (Phi) is 24.8. The molecule has 4 nitrogen and oxygen atoms in total. The van der Waals surface area contributed by atoms with E-state index < -0.39 is 0 Å².